The molecule has 2 aromatic heterocycles. The number of carbonyl (C=O) groups is 1. The van der Waals surface area contributed by atoms with E-state index in [2.05, 4.69) is 5.32 Å². The summed E-state index contributed by atoms with van der Waals surface area (Å²) >= 11 is 0. The Bertz CT molecular complexity index is 1930. The lowest BCUT2D eigenvalue weighted by Crippen LogP contribution is -2.50. The highest BCUT2D eigenvalue weighted by atomic mass is 19.4. The van der Waals surface area contributed by atoms with Crippen molar-refractivity contribution in [1.29, 1.82) is 0 Å². The normalized spacial score (nSPS) is 14.9. The number of hydrogen-bond donors (Lipinski definition) is 2. The number of piperazine rings is 1. The van der Waals surface area contributed by atoms with Crippen molar-refractivity contribution in [2.75, 3.05) is 37.6 Å². The molecule has 1 fully saturated rings. The number of furan rings is 1. The van der Waals surface area contributed by atoms with Gasteiger partial charge in [0.25, 0.3) is 5.56 Å². The van der Waals surface area contributed by atoms with E-state index >= 15 is 0 Å². The molecule has 10 nitrogen and oxygen atoms in total. The molecule has 3 heterocycles. The van der Waals surface area contributed by atoms with Crippen molar-refractivity contribution in [2.24, 2.45) is 0 Å². The van der Waals surface area contributed by atoms with E-state index < -0.39 is 64.9 Å². The van der Waals surface area contributed by atoms with Crippen molar-refractivity contribution in [3.05, 3.63) is 122 Å². The monoisotopic (exact) mass is 725 g/mol. The van der Waals surface area contributed by atoms with E-state index in [1.54, 1.807) is 40.1 Å². The van der Waals surface area contributed by atoms with Crippen molar-refractivity contribution >= 4 is 11.7 Å². The predicted molar refractivity (Wildman–Crippen MR) is 171 cm³/mol. The van der Waals surface area contributed by atoms with Gasteiger partial charge in [-0.15, -0.1) is 0 Å². The summed E-state index contributed by atoms with van der Waals surface area (Å²) in [5, 5.41) is 12.2. The number of nitrogens with one attached hydrogen (secondary N) is 1. The molecule has 1 aliphatic heterocycles. The number of aliphatic carboxylic acids is 1. The van der Waals surface area contributed by atoms with Gasteiger partial charge in [-0.1, -0.05) is 36.4 Å². The molecule has 1 atom stereocenters. The molecule has 0 amide bonds. The lowest BCUT2D eigenvalue weighted by molar-refractivity contribution is -0.153. The molecule has 4 aromatic rings. The topological polar surface area (TPSA) is 113 Å². The zero-order valence-corrected chi connectivity index (χ0v) is 27.0. The van der Waals surface area contributed by atoms with Gasteiger partial charge in [0.1, 0.15) is 17.3 Å². The van der Waals surface area contributed by atoms with Crippen LogP contribution in [0.15, 0.2) is 80.9 Å². The largest absolute Gasteiger partial charge is 0.481 e. The first-order valence-electron chi connectivity index (χ1n) is 15.9. The maximum atomic E-state index is 15.0. The quantitative estimate of drug-likeness (QED) is 0.140. The molecule has 2 aromatic carbocycles. The van der Waals surface area contributed by atoms with Gasteiger partial charge in [0.2, 0.25) is 5.76 Å². The van der Waals surface area contributed by atoms with E-state index in [0.29, 0.717) is 11.6 Å². The first-order valence-corrected chi connectivity index (χ1v) is 15.9. The Morgan fingerprint density at radius 3 is 2.22 bits per heavy atom. The van der Waals surface area contributed by atoms with Gasteiger partial charge in [-0.2, -0.15) is 26.3 Å². The summed E-state index contributed by atoms with van der Waals surface area (Å²) in [5.41, 5.74) is -3.24. The Labute approximate surface area is 286 Å². The molecule has 51 heavy (non-hydrogen) atoms. The summed E-state index contributed by atoms with van der Waals surface area (Å²) in [4.78, 5) is 42.4. The number of benzene rings is 2. The molecule has 0 bridgehead atoms. The molecule has 1 saturated heterocycles. The number of rotatable bonds is 13. The predicted octanol–water partition coefficient (Wildman–Crippen LogP) is 5.35. The second-order valence-corrected chi connectivity index (χ2v) is 12.0. The van der Waals surface area contributed by atoms with Gasteiger partial charge in [-0.3, -0.25) is 23.6 Å². The molecule has 2 N–H and O–H groups in total. The maximum absolute atomic E-state index is 15.0. The van der Waals surface area contributed by atoms with Crippen LogP contribution in [0.5, 0.6) is 0 Å². The van der Waals surface area contributed by atoms with Gasteiger partial charge in [0, 0.05) is 44.4 Å². The number of carboxylic acids is 1. The molecule has 0 aliphatic carbocycles. The highest BCUT2D eigenvalue weighted by Gasteiger charge is 2.36. The maximum Gasteiger partial charge on any atom is 0.449 e. The van der Waals surface area contributed by atoms with Crippen LogP contribution in [0.25, 0.3) is 0 Å². The average Bonchev–Trinajstić information content (AvgIpc) is 3.56. The van der Waals surface area contributed by atoms with E-state index in [1.165, 1.54) is 6.07 Å². The number of carboxylic acid groups (broad SMARTS) is 1. The van der Waals surface area contributed by atoms with Crippen LogP contribution in [0.1, 0.15) is 47.1 Å². The molecule has 1 aliphatic rings. The summed E-state index contributed by atoms with van der Waals surface area (Å²) in [6, 6.07) is 12.4. The minimum absolute atomic E-state index is 0.0470. The third kappa shape index (κ3) is 9.26. The molecule has 5 rings (SSSR count). The number of halogens is 7. The van der Waals surface area contributed by atoms with Crippen LogP contribution in [0, 0.1) is 5.82 Å². The van der Waals surface area contributed by atoms with E-state index in [9.17, 15) is 45.1 Å². The zero-order chi connectivity index (χ0) is 36.9. The van der Waals surface area contributed by atoms with E-state index in [0.717, 1.165) is 33.5 Å². The minimum Gasteiger partial charge on any atom is -0.481 e. The lowest BCUT2D eigenvalue weighted by Gasteiger charge is -2.35. The molecular weight excluding hydrogens is 691 g/mol. The Hall–Kier alpha value is -4.90. The van der Waals surface area contributed by atoms with Gasteiger partial charge in [0.05, 0.1) is 31.2 Å². The smallest absolute Gasteiger partial charge is 0.449 e. The molecule has 0 radical (unpaired) electrons. The van der Waals surface area contributed by atoms with Crippen molar-refractivity contribution < 1.29 is 45.1 Å². The summed E-state index contributed by atoms with van der Waals surface area (Å²) in [6.45, 7) is -0.0869. The fourth-order valence-corrected chi connectivity index (χ4v) is 5.94. The lowest BCUT2D eigenvalue weighted by atomic mass is 10.1. The molecular formula is C34H34F7N5O5. The Morgan fingerprint density at radius 2 is 1.59 bits per heavy atom. The summed E-state index contributed by atoms with van der Waals surface area (Å²) in [6.07, 6.45) is -8.40. The van der Waals surface area contributed by atoms with Gasteiger partial charge in [-0.25, -0.2) is 9.18 Å². The van der Waals surface area contributed by atoms with Crippen molar-refractivity contribution in [3.8, 4) is 0 Å². The average molecular weight is 726 g/mol. The SMILES string of the molecule is O=C(O)CCCN[C@@H](Cn1c(=O)c(N2CCN(Cc3ccc(C(F)(F)F)o3)CC2)cn(Cc2c(F)cccc2C(F)(F)F)c1=O)c1ccccc1. The van der Waals surface area contributed by atoms with Crippen LogP contribution in [-0.4, -0.2) is 57.8 Å². The zero-order valence-electron chi connectivity index (χ0n) is 27.0. The first kappa shape index (κ1) is 37.4. The van der Waals surface area contributed by atoms with Crippen LogP contribution in [0.4, 0.5) is 36.4 Å². The number of anilines is 1. The number of alkyl halides is 6. The number of aromatic nitrogens is 2. The van der Waals surface area contributed by atoms with Crippen LogP contribution in [-0.2, 0) is 36.8 Å². The third-order valence-corrected chi connectivity index (χ3v) is 8.53. The van der Waals surface area contributed by atoms with Crippen molar-refractivity contribution in [2.45, 2.75) is 50.9 Å². The minimum atomic E-state index is -4.94. The molecule has 0 unspecified atom stereocenters. The molecule has 0 spiro atoms. The third-order valence-electron chi connectivity index (χ3n) is 8.53. The highest BCUT2D eigenvalue weighted by Crippen LogP contribution is 2.34. The summed E-state index contributed by atoms with van der Waals surface area (Å²) in [5.74, 6) is -3.26. The molecule has 17 heteroatoms. The fraction of sp³-hybridized carbons (Fsp3) is 0.382. The number of hydrogen-bond acceptors (Lipinski definition) is 7. The van der Waals surface area contributed by atoms with Crippen LogP contribution >= 0.6 is 0 Å². The second kappa shape index (κ2) is 15.6. The van der Waals surface area contributed by atoms with Crippen LogP contribution in [0.3, 0.4) is 0 Å². The first-order chi connectivity index (χ1) is 24.1. The van der Waals surface area contributed by atoms with E-state index in [-0.39, 0.29) is 70.1 Å². The van der Waals surface area contributed by atoms with Crippen LogP contribution < -0.4 is 21.5 Å². The van der Waals surface area contributed by atoms with Crippen molar-refractivity contribution in [1.82, 2.24) is 19.4 Å². The molecule has 0 saturated carbocycles. The Balaban J connectivity index is 1.49. The van der Waals surface area contributed by atoms with Crippen molar-refractivity contribution in [3.63, 3.8) is 0 Å². The van der Waals surface area contributed by atoms with Crippen LogP contribution in [0.2, 0.25) is 0 Å². The number of nitrogens with zero attached hydrogens (tertiary/aromatic N) is 4. The van der Waals surface area contributed by atoms with Gasteiger partial charge in [-0.05, 0) is 42.8 Å². The highest BCUT2D eigenvalue weighted by molar-refractivity contribution is 5.66. The Kier molecular flexibility index (Phi) is 11.4. The van der Waals surface area contributed by atoms with E-state index in [1.807, 2.05) is 0 Å². The second-order valence-electron chi connectivity index (χ2n) is 12.0. The standard InChI is InChI=1S/C34H34F7N5O5/c35-26-9-4-8-25(33(36,37)38)24(26)19-45-21-28(44-16-14-43(15-17-44)18-23-11-12-29(51-23)34(39,40)41)31(49)46(32(45)50)20-27(22-6-2-1-3-7-22)42-13-5-10-30(47)48/h1-4,6-9,11-12,21,27,42H,5,10,13-20H2,(H,47,48)/t27-/m0/s1. The Morgan fingerprint density at radius 1 is 0.882 bits per heavy atom. The molecule has 274 valence electrons. The van der Waals surface area contributed by atoms with Gasteiger partial charge >= 0.3 is 24.0 Å². The fourth-order valence-electron chi connectivity index (χ4n) is 5.94. The summed E-state index contributed by atoms with van der Waals surface area (Å²) < 4.78 is 102. The van der Waals surface area contributed by atoms with Gasteiger partial charge in [0.15, 0.2) is 0 Å². The summed E-state index contributed by atoms with van der Waals surface area (Å²) in [7, 11) is 0. The van der Waals surface area contributed by atoms with Gasteiger partial charge < -0.3 is 19.7 Å². The van der Waals surface area contributed by atoms with E-state index in [4.69, 9.17) is 9.52 Å².